The number of rotatable bonds is 2. The fourth-order valence-corrected chi connectivity index (χ4v) is 2.98. The smallest absolute Gasteiger partial charge is 0.257 e. The molecule has 6 nitrogen and oxygen atoms in total. The van der Waals surface area contributed by atoms with Gasteiger partial charge in [-0.2, -0.15) is 5.10 Å². The highest BCUT2D eigenvalue weighted by atomic mass is 79.9. The van der Waals surface area contributed by atoms with Crippen molar-refractivity contribution in [2.45, 2.75) is 26.4 Å². The number of aryl methyl sites for hydroxylation is 2. The highest BCUT2D eigenvalue weighted by Crippen LogP contribution is 2.20. The molecule has 0 atom stereocenters. The number of halogens is 1. The van der Waals surface area contributed by atoms with E-state index in [0.29, 0.717) is 13.1 Å². The molecule has 0 spiro atoms. The lowest BCUT2D eigenvalue weighted by atomic mass is 10.1. The fraction of sp³-hybridized carbons (Fsp3) is 0.462. The molecule has 106 valence electrons. The Morgan fingerprint density at radius 2 is 2.30 bits per heavy atom. The van der Waals surface area contributed by atoms with Crippen LogP contribution in [-0.4, -0.2) is 25.9 Å². The third-order valence-electron chi connectivity index (χ3n) is 3.65. The van der Waals surface area contributed by atoms with Gasteiger partial charge in [-0.25, -0.2) is 4.98 Å². The molecule has 0 bridgehead atoms. The van der Waals surface area contributed by atoms with Crippen LogP contribution in [0.3, 0.4) is 0 Å². The van der Waals surface area contributed by atoms with Gasteiger partial charge < -0.3 is 5.32 Å². The van der Waals surface area contributed by atoms with Crippen molar-refractivity contribution in [1.29, 1.82) is 0 Å². The van der Waals surface area contributed by atoms with E-state index in [1.165, 1.54) is 0 Å². The fourth-order valence-electron chi connectivity index (χ4n) is 2.52. The van der Waals surface area contributed by atoms with Crippen molar-refractivity contribution < 1.29 is 0 Å². The van der Waals surface area contributed by atoms with Crippen LogP contribution in [0.4, 0.5) is 0 Å². The summed E-state index contributed by atoms with van der Waals surface area (Å²) < 4.78 is 4.41. The van der Waals surface area contributed by atoms with Crippen LogP contribution in [0.25, 0.3) is 0 Å². The Hall–Kier alpha value is -1.47. The summed E-state index contributed by atoms with van der Waals surface area (Å²) in [5.41, 5.74) is 3.66. The predicted octanol–water partition coefficient (Wildman–Crippen LogP) is 0.742. The van der Waals surface area contributed by atoms with Gasteiger partial charge in [0.2, 0.25) is 0 Å². The zero-order valence-corrected chi connectivity index (χ0v) is 13.1. The van der Waals surface area contributed by atoms with Crippen LogP contribution in [0.15, 0.2) is 15.6 Å². The topological polar surface area (TPSA) is 64.7 Å². The molecule has 0 aliphatic carbocycles. The van der Waals surface area contributed by atoms with Gasteiger partial charge in [0.15, 0.2) is 0 Å². The molecule has 2 aromatic rings. The average molecular weight is 338 g/mol. The van der Waals surface area contributed by atoms with Crippen LogP contribution in [0.1, 0.15) is 22.6 Å². The minimum absolute atomic E-state index is 0.0576. The van der Waals surface area contributed by atoms with Crippen molar-refractivity contribution >= 4 is 15.9 Å². The lowest BCUT2D eigenvalue weighted by molar-refractivity contribution is 0.585. The van der Waals surface area contributed by atoms with Gasteiger partial charge in [-0.05, 0) is 35.8 Å². The van der Waals surface area contributed by atoms with Crippen LogP contribution in [0.5, 0.6) is 0 Å². The minimum Gasteiger partial charge on any atom is -0.311 e. The molecule has 0 amide bonds. The number of hydrogen-bond acceptors (Lipinski definition) is 4. The van der Waals surface area contributed by atoms with Gasteiger partial charge in [0, 0.05) is 19.2 Å². The Morgan fingerprint density at radius 1 is 1.50 bits per heavy atom. The van der Waals surface area contributed by atoms with Crippen LogP contribution < -0.4 is 10.9 Å². The maximum absolute atomic E-state index is 12.5. The SMILES string of the molecule is Cc1nn(C)c(Cn2cnc3c(c2=O)CCNC3)c1Br. The quantitative estimate of drug-likeness (QED) is 0.877. The first-order valence-corrected chi connectivity index (χ1v) is 7.33. The molecule has 0 fully saturated rings. The van der Waals surface area contributed by atoms with Crippen LogP contribution >= 0.6 is 15.9 Å². The Labute approximate surface area is 125 Å². The number of aromatic nitrogens is 4. The average Bonchev–Trinajstić information content (AvgIpc) is 2.68. The Kier molecular flexibility index (Phi) is 3.47. The summed E-state index contributed by atoms with van der Waals surface area (Å²) in [5, 5.41) is 7.57. The summed E-state index contributed by atoms with van der Waals surface area (Å²) in [7, 11) is 1.88. The van der Waals surface area contributed by atoms with Gasteiger partial charge >= 0.3 is 0 Å². The van der Waals surface area contributed by atoms with E-state index in [2.05, 4.69) is 31.3 Å². The summed E-state index contributed by atoms with van der Waals surface area (Å²) >= 11 is 3.53. The second-order valence-corrected chi connectivity index (χ2v) is 5.79. The zero-order chi connectivity index (χ0) is 14.3. The normalized spacial score (nSPS) is 14.3. The first kappa shape index (κ1) is 13.5. The summed E-state index contributed by atoms with van der Waals surface area (Å²) in [5.74, 6) is 0. The van der Waals surface area contributed by atoms with E-state index in [4.69, 9.17) is 0 Å². The molecular formula is C13H16BrN5O. The molecule has 3 heterocycles. The molecule has 7 heteroatoms. The lowest BCUT2D eigenvalue weighted by Crippen LogP contribution is -2.34. The molecule has 0 unspecified atom stereocenters. The van der Waals surface area contributed by atoms with E-state index in [-0.39, 0.29) is 5.56 Å². The van der Waals surface area contributed by atoms with Crippen molar-refractivity contribution in [1.82, 2.24) is 24.6 Å². The lowest BCUT2D eigenvalue weighted by Gasteiger charge is -2.17. The van der Waals surface area contributed by atoms with E-state index in [1.54, 1.807) is 15.6 Å². The zero-order valence-electron chi connectivity index (χ0n) is 11.5. The molecule has 3 rings (SSSR count). The molecule has 20 heavy (non-hydrogen) atoms. The third-order valence-corrected chi connectivity index (χ3v) is 4.68. The highest BCUT2D eigenvalue weighted by molar-refractivity contribution is 9.10. The summed E-state index contributed by atoms with van der Waals surface area (Å²) in [4.78, 5) is 16.9. The van der Waals surface area contributed by atoms with E-state index in [9.17, 15) is 4.79 Å². The Bertz CT molecular complexity index is 718. The van der Waals surface area contributed by atoms with Gasteiger partial charge in [0.1, 0.15) is 0 Å². The molecule has 0 saturated carbocycles. The van der Waals surface area contributed by atoms with E-state index < -0.39 is 0 Å². The van der Waals surface area contributed by atoms with Crippen molar-refractivity contribution in [2.24, 2.45) is 7.05 Å². The standard InChI is InChI=1S/C13H16BrN5O/c1-8-12(14)11(18(2)17-8)6-19-7-16-10-5-15-4-3-9(10)13(19)20/h7,15H,3-6H2,1-2H3. The maximum Gasteiger partial charge on any atom is 0.257 e. The Morgan fingerprint density at radius 3 is 3.00 bits per heavy atom. The summed E-state index contributed by atoms with van der Waals surface area (Å²) in [6, 6.07) is 0. The first-order valence-electron chi connectivity index (χ1n) is 6.54. The van der Waals surface area contributed by atoms with Gasteiger partial charge in [0.25, 0.3) is 5.56 Å². The monoisotopic (exact) mass is 337 g/mol. The number of fused-ring (bicyclic) bond motifs is 1. The summed E-state index contributed by atoms with van der Waals surface area (Å²) in [6.45, 7) is 3.93. The van der Waals surface area contributed by atoms with Crippen molar-refractivity contribution in [2.75, 3.05) is 6.54 Å². The molecule has 0 radical (unpaired) electrons. The van der Waals surface area contributed by atoms with Crippen molar-refractivity contribution in [3.8, 4) is 0 Å². The second-order valence-electron chi connectivity index (χ2n) is 5.00. The van der Waals surface area contributed by atoms with E-state index in [1.807, 2.05) is 14.0 Å². The highest BCUT2D eigenvalue weighted by Gasteiger charge is 2.17. The predicted molar refractivity (Wildman–Crippen MR) is 78.7 cm³/mol. The van der Waals surface area contributed by atoms with Crippen molar-refractivity contribution in [3.63, 3.8) is 0 Å². The molecule has 0 aromatic carbocycles. The number of hydrogen-bond donors (Lipinski definition) is 1. The van der Waals surface area contributed by atoms with Crippen molar-refractivity contribution in [3.05, 3.63) is 43.8 Å². The molecule has 0 saturated heterocycles. The van der Waals surface area contributed by atoms with Gasteiger partial charge in [-0.15, -0.1) is 0 Å². The molecule has 2 aromatic heterocycles. The van der Waals surface area contributed by atoms with Gasteiger partial charge in [-0.3, -0.25) is 14.0 Å². The second kappa shape index (κ2) is 5.14. The minimum atomic E-state index is 0.0576. The van der Waals surface area contributed by atoms with Gasteiger partial charge in [-0.1, -0.05) is 0 Å². The number of nitrogens with one attached hydrogen (secondary N) is 1. The van der Waals surface area contributed by atoms with E-state index in [0.717, 1.165) is 40.1 Å². The van der Waals surface area contributed by atoms with Crippen LogP contribution in [-0.2, 0) is 26.6 Å². The first-order chi connectivity index (χ1) is 9.58. The summed E-state index contributed by atoms with van der Waals surface area (Å²) in [6.07, 6.45) is 2.37. The Balaban J connectivity index is 2.01. The molecule has 1 N–H and O–H groups in total. The van der Waals surface area contributed by atoms with E-state index >= 15 is 0 Å². The number of nitrogens with zero attached hydrogens (tertiary/aromatic N) is 4. The largest absolute Gasteiger partial charge is 0.311 e. The van der Waals surface area contributed by atoms with Crippen LogP contribution in [0.2, 0.25) is 0 Å². The molecule has 1 aliphatic heterocycles. The van der Waals surface area contributed by atoms with Gasteiger partial charge in [0.05, 0.1) is 34.4 Å². The molecule has 1 aliphatic rings. The third kappa shape index (κ3) is 2.20. The van der Waals surface area contributed by atoms with Crippen LogP contribution in [0, 0.1) is 6.92 Å². The molecular weight excluding hydrogens is 322 g/mol. The maximum atomic E-state index is 12.5.